The normalized spacial score (nSPS) is 15.5. The molecule has 0 saturated carbocycles. The summed E-state index contributed by atoms with van der Waals surface area (Å²) in [6.45, 7) is 6.62. The molecule has 0 N–H and O–H groups in total. The van der Waals surface area contributed by atoms with Gasteiger partial charge in [-0.1, -0.05) is 19.4 Å². The van der Waals surface area contributed by atoms with E-state index in [1.54, 1.807) is 19.1 Å². The molecule has 6 nitrogen and oxygen atoms in total. The minimum absolute atomic E-state index is 0.107. The number of nitrogens with zero attached hydrogens (tertiary/aromatic N) is 1. The number of methoxy groups -OCH3 is 1. The Morgan fingerprint density at radius 2 is 1.81 bits per heavy atom. The summed E-state index contributed by atoms with van der Waals surface area (Å²) in [5.41, 5.74) is 3.41. The summed E-state index contributed by atoms with van der Waals surface area (Å²) in [5.74, 6) is 1.01. The van der Waals surface area contributed by atoms with Gasteiger partial charge in [-0.15, -0.1) is 0 Å². The minimum atomic E-state index is -0.552. The lowest BCUT2D eigenvalue weighted by Crippen LogP contribution is -2.25. The Morgan fingerprint density at radius 3 is 2.52 bits per heavy atom. The Kier molecular flexibility index (Phi) is 5.48. The van der Waals surface area contributed by atoms with Crippen LogP contribution in [0.1, 0.15) is 58.6 Å². The molecule has 1 amide bonds. The first kappa shape index (κ1) is 21.0. The van der Waals surface area contributed by atoms with E-state index in [1.165, 1.54) is 0 Å². The monoisotopic (exact) mass is 421 g/mol. The molecule has 0 saturated heterocycles. The van der Waals surface area contributed by atoms with Crippen LogP contribution in [0.3, 0.4) is 0 Å². The number of amides is 1. The maximum Gasteiger partial charge on any atom is 0.290 e. The molecule has 2 heterocycles. The van der Waals surface area contributed by atoms with Crippen LogP contribution in [0.25, 0.3) is 11.0 Å². The molecular formula is C25H27NO5. The van der Waals surface area contributed by atoms with Crippen LogP contribution in [0.2, 0.25) is 0 Å². The quantitative estimate of drug-likeness (QED) is 0.536. The SMILES string of the molecule is CCCCOc1ccc(C2c3c(oc4cc(C)c(C)cc4c3=O)C(=O)N2C)cc1OC. The lowest BCUT2D eigenvalue weighted by Gasteiger charge is -2.21. The third-order valence-electron chi connectivity index (χ3n) is 5.98. The lowest BCUT2D eigenvalue weighted by atomic mass is 9.97. The molecule has 0 bridgehead atoms. The Balaban J connectivity index is 1.85. The fourth-order valence-electron chi connectivity index (χ4n) is 4.03. The largest absolute Gasteiger partial charge is 0.493 e. The zero-order valence-corrected chi connectivity index (χ0v) is 18.6. The molecule has 1 aliphatic heterocycles. The predicted octanol–water partition coefficient (Wildman–Crippen LogP) is 4.77. The second-order valence-electron chi connectivity index (χ2n) is 8.04. The van der Waals surface area contributed by atoms with Gasteiger partial charge in [0.1, 0.15) is 5.58 Å². The number of rotatable bonds is 6. The first-order valence-corrected chi connectivity index (χ1v) is 10.5. The molecule has 3 aromatic rings. The lowest BCUT2D eigenvalue weighted by molar-refractivity contribution is 0.0771. The number of hydrogen-bond acceptors (Lipinski definition) is 5. The van der Waals surface area contributed by atoms with Gasteiger partial charge in [-0.05, 0) is 61.2 Å². The van der Waals surface area contributed by atoms with E-state index in [0.29, 0.717) is 34.6 Å². The van der Waals surface area contributed by atoms with Gasteiger partial charge in [0.05, 0.1) is 30.7 Å². The van der Waals surface area contributed by atoms with Crippen LogP contribution in [0, 0.1) is 13.8 Å². The van der Waals surface area contributed by atoms with Crippen LogP contribution in [-0.4, -0.2) is 31.6 Å². The molecule has 1 aliphatic rings. The number of fused-ring (bicyclic) bond motifs is 2. The van der Waals surface area contributed by atoms with E-state index in [2.05, 4.69) is 6.92 Å². The van der Waals surface area contributed by atoms with Crippen molar-refractivity contribution in [2.45, 2.75) is 39.7 Å². The van der Waals surface area contributed by atoms with Crippen LogP contribution in [0.4, 0.5) is 0 Å². The molecule has 6 heteroatoms. The first-order chi connectivity index (χ1) is 14.9. The van der Waals surface area contributed by atoms with Gasteiger partial charge in [-0.2, -0.15) is 0 Å². The van der Waals surface area contributed by atoms with E-state index < -0.39 is 6.04 Å². The molecule has 0 spiro atoms. The van der Waals surface area contributed by atoms with Crippen molar-refractivity contribution in [3.8, 4) is 11.5 Å². The van der Waals surface area contributed by atoms with Gasteiger partial charge in [0, 0.05) is 7.05 Å². The maximum atomic E-state index is 13.5. The molecule has 0 aliphatic carbocycles. The van der Waals surface area contributed by atoms with Gasteiger partial charge in [-0.25, -0.2) is 0 Å². The molecule has 1 atom stereocenters. The summed E-state index contributed by atoms with van der Waals surface area (Å²) in [6, 6.07) is 8.63. The van der Waals surface area contributed by atoms with Gasteiger partial charge in [0.2, 0.25) is 5.76 Å². The third kappa shape index (κ3) is 3.46. The fraction of sp³-hybridized carbons (Fsp3) is 0.360. The van der Waals surface area contributed by atoms with Gasteiger partial charge >= 0.3 is 0 Å². The summed E-state index contributed by atoms with van der Waals surface area (Å²) in [5, 5.41) is 0.487. The van der Waals surface area contributed by atoms with E-state index in [4.69, 9.17) is 13.9 Å². The molecular weight excluding hydrogens is 394 g/mol. The van der Waals surface area contributed by atoms with Gasteiger partial charge < -0.3 is 18.8 Å². The number of carbonyl (C=O) groups is 1. The Bertz CT molecular complexity index is 1230. The highest BCUT2D eigenvalue weighted by Crippen LogP contribution is 2.40. The fourth-order valence-corrected chi connectivity index (χ4v) is 4.03. The second-order valence-corrected chi connectivity index (χ2v) is 8.04. The summed E-state index contributed by atoms with van der Waals surface area (Å²) in [7, 11) is 3.26. The number of benzene rings is 2. The number of carbonyl (C=O) groups excluding carboxylic acids is 1. The average Bonchev–Trinajstić information content (AvgIpc) is 3.01. The van der Waals surface area contributed by atoms with Crippen molar-refractivity contribution in [3.63, 3.8) is 0 Å². The average molecular weight is 421 g/mol. The van der Waals surface area contributed by atoms with E-state index in [1.807, 2.05) is 44.2 Å². The van der Waals surface area contributed by atoms with Crippen LogP contribution in [0.15, 0.2) is 39.5 Å². The van der Waals surface area contributed by atoms with Crippen molar-refractivity contribution in [1.82, 2.24) is 4.90 Å². The summed E-state index contributed by atoms with van der Waals surface area (Å²) < 4.78 is 17.3. The number of ether oxygens (including phenoxy) is 2. The predicted molar refractivity (Wildman–Crippen MR) is 119 cm³/mol. The summed E-state index contributed by atoms with van der Waals surface area (Å²) in [6.07, 6.45) is 1.99. The van der Waals surface area contributed by atoms with Gasteiger partial charge in [0.25, 0.3) is 5.91 Å². The molecule has 1 aromatic heterocycles. The van der Waals surface area contributed by atoms with Crippen LogP contribution in [0.5, 0.6) is 11.5 Å². The molecule has 0 fully saturated rings. The Morgan fingerprint density at radius 1 is 1.06 bits per heavy atom. The standard InChI is InChI=1S/C25H27NO5/c1-6-7-10-30-18-9-8-16(13-20(18)29-5)22-21-23(27)17-11-14(2)15(3)12-19(17)31-24(21)25(28)26(22)4/h8-9,11-13,22H,6-7,10H2,1-5H3. The van der Waals surface area contributed by atoms with Crippen molar-refractivity contribution < 1.29 is 18.7 Å². The minimum Gasteiger partial charge on any atom is -0.493 e. The smallest absolute Gasteiger partial charge is 0.290 e. The third-order valence-corrected chi connectivity index (χ3v) is 5.98. The number of aryl methyl sites for hydroxylation is 2. The molecule has 4 rings (SSSR count). The Hall–Kier alpha value is -3.28. The van der Waals surface area contributed by atoms with Crippen molar-refractivity contribution in [3.05, 3.63) is 68.6 Å². The van der Waals surface area contributed by atoms with Crippen molar-refractivity contribution >= 4 is 16.9 Å². The first-order valence-electron chi connectivity index (χ1n) is 10.5. The number of unbranched alkanes of at least 4 members (excludes halogenated alkanes) is 1. The molecule has 0 radical (unpaired) electrons. The van der Waals surface area contributed by atoms with Gasteiger partial charge in [-0.3, -0.25) is 9.59 Å². The van der Waals surface area contributed by atoms with E-state index in [-0.39, 0.29) is 17.1 Å². The second kappa shape index (κ2) is 8.10. The van der Waals surface area contributed by atoms with Crippen LogP contribution in [-0.2, 0) is 0 Å². The molecule has 1 unspecified atom stereocenters. The molecule has 2 aromatic carbocycles. The van der Waals surface area contributed by atoms with Crippen molar-refractivity contribution in [2.75, 3.05) is 20.8 Å². The van der Waals surface area contributed by atoms with Crippen LogP contribution >= 0.6 is 0 Å². The highest BCUT2D eigenvalue weighted by Gasteiger charge is 2.41. The van der Waals surface area contributed by atoms with E-state index in [9.17, 15) is 9.59 Å². The topological polar surface area (TPSA) is 69.0 Å². The Labute approximate surface area is 181 Å². The highest BCUT2D eigenvalue weighted by atomic mass is 16.5. The maximum absolute atomic E-state index is 13.5. The number of hydrogen-bond donors (Lipinski definition) is 0. The molecule has 31 heavy (non-hydrogen) atoms. The van der Waals surface area contributed by atoms with Gasteiger partial charge in [0.15, 0.2) is 16.9 Å². The summed E-state index contributed by atoms with van der Waals surface area (Å²) >= 11 is 0. The van der Waals surface area contributed by atoms with E-state index >= 15 is 0 Å². The zero-order chi connectivity index (χ0) is 22.3. The molecule has 162 valence electrons. The van der Waals surface area contributed by atoms with Crippen molar-refractivity contribution in [1.29, 1.82) is 0 Å². The summed E-state index contributed by atoms with van der Waals surface area (Å²) in [4.78, 5) is 28.0. The van der Waals surface area contributed by atoms with Crippen molar-refractivity contribution in [2.24, 2.45) is 0 Å². The zero-order valence-electron chi connectivity index (χ0n) is 18.6. The highest BCUT2D eigenvalue weighted by molar-refractivity contribution is 5.99. The van der Waals surface area contributed by atoms with E-state index in [0.717, 1.165) is 29.5 Å². The van der Waals surface area contributed by atoms with Crippen LogP contribution < -0.4 is 14.9 Å².